The third kappa shape index (κ3) is 2.79. The number of rotatable bonds is 2. The zero-order valence-corrected chi connectivity index (χ0v) is 11.9. The van der Waals surface area contributed by atoms with Crippen LogP contribution in [0.1, 0.15) is 21.5 Å². The predicted octanol–water partition coefficient (Wildman–Crippen LogP) is 4.32. The van der Waals surface area contributed by atoms with Gasteiger partial charge in [-0.1, -0.05) is 39.7 Å². The molecule has 0 saturated heterocycles. The molecule has 1 N–H and O–H groups in total. The number of hydrogen-bond acceptors (Lipinski definition) is 1. The van der Waals surface area contributed by atoms with Gasteiger partial charge in [-0.15, -0.1) is 0 Å². The molecule has 0 radical (unpaired) electrons. The number of hydrogen-bond donors (Lipinski definition) is 1. The Labute approximate surface area is 115 Å². The maximum atomic E-state index is 12.1. The molecule has 92 valence electrons. The van der Waals surface area contributed by atoms with Crippen molar-refractivity contribution >= 4 is 27.5 Å². The van der Waals surface area contributed by atoms with Crippen molar-refractivity contribution in [2.75, 3.05) is 5.32 Å². The maximum absolute atomic E-state index is 12.1. The van der Waals surface area contributed by atoms with Gasteiger partial charge in [-0.3, -0.25) is 4.79 Å². The van der Waals surface area contributed by atoms with E-state index in [9.17, 15) is 4.79 Å². The van der Waals surface area contributed by atoms with E-state index in [2.05, 4.69) is 21.2 Å². The fraction of sp³-hybridized carbons (Fsp3) is 0.133. The molecule has 2 nitrogen and oxygen atoms in total. The van der Waals surface area contributed by atoms with Crippen molar-refractivity contribution in [1.82, 2.24) is 0 Å². The topological polar surface area (TPSA) is 29.1 Å². The van der Waals surface area contributed by atoms with Crippen LogP contribution in [-0.4, -0.2) is 5.91 Å². The first-order chi connectivity index (χ1) is 8.58. The fourth-order valence-electron chi connectivity index (χ4n) is 1.69. The van der Waals surface area contributed by atoms with Gasteiger partial charge in [0.2, 0.25) is 0 Å². The van der Waals surface area contributed by atoms with Gasteiger partial charge in [-0.2, -0.15) is 0 Å². The number of aryl methyl sites for hydroxylation is 1. The van der Waals surface area contributed by atoms with Crippen LogP contribution >= 0.6 is 15.9 Å². The summed E-state index contributed by atoms with van der Waals surface area (Å²) in [6.45, 7) is 3.94. The largest absolute Gasteiger partial charge is 0.322 e. The number of halogens is 1. The normalized spacial score (nSPS) is 10.2. The second kappa shape index (κ2) is 5.36. The van der Waals surface area contributed by atoms with E-state index in [1.165, 1.54) is 5.56 Å². The molecule has 0 heterocycles. The molecule has 2 aromatic carbocycles. The first-order valence-corrected chi connectivity index (χ1v) is 6.50. The van der Waals surface area contributed by atoms with E-state index >= 15 is 0 Å². The lowest BCUT2D eigenvalue weighted by atomic mass is 10.1. The van der Waals surface area contributed by atoms with E-state index in [0.717, 1.165) is 15.7 Å². The first kappa shape index (κ1) is 12.8. The van der Waals surface area contributed by atoms with E-state index in [4.69, 9.17) is 0 Å². The molecule has 2 aromatic rings. The predicted molar refractivity (Wildman–Crippen MR) is 78.0 cm³/mol. The maximum Gasteiger partial charge on any atom is 0.255 e. The Morgan fingerprint density at radius 3 is 2.39 bits per heavy atom. The lowest BCUT2D eigenvalue weighted by Gasteiger charge is -2.09. The standard InChI is InChI=1S/C15H14BrNO/c1-10-6-8-12(9-7-10)17-15(18)13-4-3-5-14(16)11(13)2/h3-9H,1-2H3,(H,17,18). The monoisotopic (exact) mass is 303 g/mol. The molecule has 1 amide bonds. The second-order valence-corrected chi connectivity index (χ2v) is 5.09. The number of carbonyl (C=O) groups is 1. The molecule has 0 bridgehead atoms. The summed E-state index contributed by atoms with van der Waals surface area (Å²) in [5, 5.41) is 2.89. The molecular formula is C15H14BrNO. The van der Waals surface area contributed by atoms with Crippen molar-refractivity contribution in [3.05, 3.63) is 63.6 Å². The van der Waals surface area contributed by atoms with Crippen molar-refractivity contribution in [2.45, 2.75) is 13.8 Å². The van der Waals surface area contributed by atoms with E-state index in [-0.39, 0.29) is 5.91 Å². The van der Waals surface area contributed by atoms with Gasteiger partial charge < -0.3 is 5.32 Å². The van der Waals surface area contributed by atoms with Crippen molar-refractivity contribution < 1.29 is 4.79 Å². The number of carbonyl (C=O) groups excluding carboxylic acids is 1. The molecule has 0 aliphatic heterocycles. The van der Waals surface area contributed by atoms with Crippen molar-refractivity contribution in [2.24, 2.45) is 0 Å². The summed E-state index contributed by atoms with van der Waals surface area (Å²) in [7, 11) is 0. The number of amides is 1. The number of nitrogens with one attached hydrogen (secondary N) is 1. The molecule has 0 spiro atoms. The highest BCUT2D eigenvalue weighted by atomic mass is 79.9. The third-order valence-electron chi connectivity index (χ3n) is 2.82. The molecule has 0 aromatic heterocycles. The molecule has 0 aliphatic rings. The Hall–Kier alpha value is -1.61. The fourth-order valence-corrected chi connectivity index (χ4v) is 2.05. The Morgan fingerprint density at radius 1 is 1.06 bits per heavy atom. The smallest absolute Gasteiger partial charge is 0.255 e. The van der Waals surface area contributed by atoms with Crippen molar-refractivity contribution in [1.29, 1.82) is 0 Å². The minimum Gasteiger partial charge on any atom is -0.322 e. The van der Waals surface area contributed by atoms with E-state index in [1.807, 2.05) is 56.3 Å². The zero-order valence-electron chi connectivity index (χ0n) is 10.3. The Kier molecular flexibility index (Phi) is 3.82. The lowest BCUT2D eigenvalue weighted by Crippen LogP contribution is -2.13. The van der Waals surface area contributed by atoms with Gasteiger partial charge in [0.15, 0.2) is 0 Å². The van der Waals surface area contributed by atoms with Crippen LogP contribution < -0.4 is 5.32 Å². The first-order valence-electron chi connectivity index (χ1n) is 5.71. The summed E-state index contributed by atoms with van der Waals surface area (Å²) in [5.41, 5.74) is 3.61. The van der Waals surface area contributed by atoms with Crippen LogP contribution in [-0.2, 0) is 0 Å². The summed E-state index contributed by atoms with van der Waals surface area (Å²) < 4.78 is 0.944. The number of anilines is 1. The highest BCUT2D eigenvalue weighted by molar-refractivity contribution is 9.10. The van der Waals surface area contributed by atoms with Crippen LogP contribution in [0.2, 0.25) is 0 Å². The van der Waals surface area contributed by atoms with Crippen molar-refractivity contribution in [3.63, 3.8) is 0 Å². The SMILES string of the molecule is Cc1ccc(NC(=O)c2cccc(Br)c2C)cc1. The molecule has 0 atom stereocenters. The summed E-state index contributed by atoms with van der Waals surface area (Å²) in [4.78, 5) is 12.1. The summed E-state index contributed by atoms with van der Waals surface area (Å²) in [5.74, 6) is -0.0855. The quantitative estimate of drug-likeness (QED) is 0.879. The van der Waals surface area contributed by atoms with Crippen LogP contribution in [0, 0.1) is 13.8 Å². The van der Waals surface area contributed by atoms with E-state index in [0.29, 0.717) is 5.56 Å². The average Bonchev–Trinajstić information content (AvgIpc) is 2.35. The third-order valence-corrected chi connectivity index (χ3v) is 3.68. The highest BCUT2D eigenvalue weighted by Crippen LogP contribution is 2.20. The van der Waals surface area contributed by atoms with Crippen LogP contribution in [0.25, 0.3) is 0 Å². The molecule has 0 unspecified atom stereocenters. The Balaban J connectivity index is 2.22. The Bertz CT molecular complexity index is 576. The van der Waals surface area contributed by atoms with Crippen molar-refractivity contribution in [3.8, 4) is 0 Å². The molecular weight excluding hydrogens is 290 g/mol. The van der Waals surface area contributed by atoms with Crippen LogP contribution in [0.3, 0.4) is 0 Å². The van der Waals surface area contributed by atoms with Gasteiger partial charge in [-0.05, 0) is 43.7 Å². The minimum absolute atomic E-state index is 0.0855. The van der Waals surface area contributed by atoms with Gasteiger partial charge >= 0.3 is 0 Å². The number of benzene rings is 2. The molecule has 18 heavy (non-hydrogen) atoms. The van der Waals surface area contributed by atoms with Crippen LogP contribution in [0.15, 0.2) is 46.9 Å². The lowest BCUT2D eigenvalue weighted by molar-refractivity contribution is 0.102. The summed E-state index contributed by atoms with van der Waals surface area (Å²) >= 11 is 3.43. The van der Waals surface area contributed by atoms with Gasteiger partial charge in [0.05, 0.1) is 0 Å². The zero-order chi connectivity index (χ0) is 13.1. The van der Waals surface area contributed by atoms with Crippen LogP contribution in [0.5, 0.6) is 0 Å². The van der Waals surface area contributed by atoms with Gasteiger partial charge in [0, 0.05) is 15.7 Å². The van der Waals surface area contributed by atoms with Gasteiger partial charge in [0.1, 0.15) is 0 Å². The van der Waals surface area contributed by atoms with Gasteiger partial charge in [0.25, 0.3) is 5.91 Å². The second-order valence-electron chi connectivity index (χ2n) is 4.23. The summed E-state index contributed by atoms with van der Waals surface area (Å²) in [6, 6.07) is 13.4. The average molecular weight is 304 g/mol. The van der Waals surface area contributed by atoms with E-state index in [1.54, 1.807) is 0 Å². The van der Waals surface area contributed by atoms with E-state index < -0.39 is 0 Å². The van der Waals surface area contributed by atoms with Gasteiger partial charge in [-0.25, -0.2) is 0 Å². The van der Waals surface area contributed by atoms with Crippen LogP contribution in [0.4, 0.5) is 5.69 Å². The summed E-state index contributed by atoms with van der Waals surface area (Å²) in [6.07, 6.45) is 0. The molecule has 0 fully saturated rings. The minimum atomic E-state index is -0.0855. The molecule has 3 heteroatoms. The molecule has 0 saturated carbocycles. The molecule has 0 aliphatic carbocycles. The Morgan fingerprint density at radius 2 is 1.72 bits per heavy atom. The highest BCUT2D eigenvalue weighted by Gasteiger charge is 2.10. The molecule has 2 rings (SSSR count).